The Hall–Kier alpha value is -1.07. The molecule has 14 heavy (non-hydrogen) atoms. The molecule has 1 aromatic rings. The zero-order valence-corrected chi connectivity index (χ0v) is 9.39. The molecule has 5 heteroatoms. The molecule has 0 saturated carbocycles. The Balaban J connectivity index is 2.66. The molecule has 0 heterocycles. The Morgan fingerprint density at radius 1 is 1.57 bits per heavy atom. The minimum atomic E-state index is -0.385. The molecule has 0 bridgehead atoms. The first kappa shape index (κ1) is 11.0. The summed E-state index contributed by atoms with van der Waals surface area (Å²) >= 11 is 3.37. The van der Waals surface area contributed by atoms with Crippen LogP contribution in [0.2, 0.25) is 0 Å². The number of urea groups is 1. The third-order valence-electron chi connectivity index (χ3n) is 1.88. The van der Waals surface area contributed by atoms with Crippen molar-refractivity contribution in [2.75, 3.05) is 0 Å². The maximum atomic E-state index is 10.8. The molecule has 0 spiro atoms. The minimum Gasteiger partial charge on any atom is -0.333 e. The maximum Gasteiger partial charge on any atom is 0.329 e. The number of nitrogens with two attached hydrogens (primary N) is 1. The smallest absolute Gasteiger partial charge is 0.329 e. The van der Waals surface area contributed by atoms with Crippen molar-refractivity contribution in [2.24, 2.45) is 5.84 Å². The van der Waals surface area contributed by atoms with Crippen molar-refractivity contribution in [1.82, 2.24) is 10.7 Å². The molecule has 0 unspecified atom stereocenters. The number of nitrogens with one attached hydrogen (secondary N) is 2. The van der Waals surface area contributed by atoms with Gasteiger partial charge in [-0.05, 0) is 30.2 Å². The summed E-state index contributed by atoms with van der Waals surface area (Å²) < 4.78 is 0.994. The molecular weight excluding hydrogens is 246 g/mol. The Bertz CT molecular complexity index is 341. The standard InChI is InChI=1S/C9H12BrN3O/c1-6-2-3-8(10)4-7(6)5-12-9(14)13-11/h2-4H,5,11H2,1H3,(H2,12,13,14). The van der Waals surface area contributed by atoms with E-state index < -0.39 is 0 Å². The van der Waals surface area contributed by atoms with Gasteiger partial charge in [-0.25, -0.2) is 10.6 Å². The van der Waals surface area contributed by atoms with E-state index in [1.54, 1.807) is 0 Å². The molecule has 0 atom stereocenters. The van der Waals surface area contributed by atoms with Gasteiger partial charge in [0, 0.05) is 11.0 Å². The van der Waals surface area contributed by atoms with Gasteiger partial charge >= 0.3 is 6.03 Å². The Kier molecular flexibility index (Phi) is 3.91. The monoisotopic (exact) mass is 257 g/mol. The second-order valence-corrected chi connectivity index (χ2v) is 3.81. The van der Waals surface area contributed by atoms with Crippen molar-refractivity contribution >= 4 is 22.0 Å². The van der Waals surface area contributed by atoms with Gasteiger partial charge in [-0.3, -0.25) is 5.43 Å². The van der Waals surface area contributed by atoms with Crippen molar-refractivity contribution in [3.05, 3.63) is 33.8 Å². The van der Waals surface area contributed by atoms with Gasteiger partial charge in [0.15, 0.2) is 0 Å². The molecule has 0 saturated heterocycles. The molecular formula is C9H12BrN3O. The topological polar surface area (TPSA) is 67.2 Å². The number of rotatable bonds is 2. The van der Waals surface area contributed by atoms with E-state index in [1.807, 2.05) is 30.5 Å². The van der Waals surface area contributed by atoms with E-state index in [0.717, 1.165) is 15.6 Å². The predicted molar refractivity (Wildman–Crippen MR) is 58.4 cm³/mol. The Morgan fingerprint density at radius 2 is 2.29 bits per heavy atom. The SMILES string of the molecule is Cc1ccc(Br)cc1CNC(=O)NN. The second-order valence-electron chi connectivity index (χ2n) is 2.90. The molecule has 4 N–H and O–H groups in total. The molecule has 0 aliphatic heterocycles. The first-order valence-electron chi connectivity index (χ1n) is 4.13. The quantitative estimate of drug-likeness (QED) is 0.426. The highest BCUT2D eigenvalue weighted by atomic mass is 79.9. The number of hydrogen-bond donors (Lipinski definition) is 3. The number of hydrazine groups is 1. The van der Waals surface area contributed by atoms with Crippen LogP contribution in [0.1, 0.15) is 11.1 Å². The third kappa shape index (κ3) is 3.01. The van der Waals surface area contributed by atoms with Gasteiger partial charge in [0.05, 0.1) is 0 Å². The highest BCUT2D eigenvalue weighted by Gasteiger charge is 2.01. The van der Waals surface area contributed by atoms with E-state index in [4.69, 9.17) is 5.84 Å². The predicted octanol–water partition coefficient (Wildman–Crippen LogP) is 1.43. The number of amides is 2. The third-order valence-corrected chi connectivity index (χ3v) is 2.37. The van der Waals surface area contributed by atoms with Gasteiger partial charge in [0.1, 0.15) is 0 Å². The van der Waals surface area contributed by atoms with Crippen LogP contribution in [0, 0.1) is 6.92 Å². The van der Waals surface area contributed by atoms with E-state index in [2.05, 4.69) is 21.2 Å². The van der Waals surface area contributed by atoms with E-state index in [-0.39, 0.29) is 6.03 Å². The van der Waals surface area contributed by atoms with Crippen LogP contribution in [0.4, 0.5) is 4.79 Å². The molecule has 0 radical (unpaired) electrons. The van der Waals surface area contributed by atoms with Crippen molar-refractivity contribution in [3.63, 3.8) is 0 Å². The van der Waals surface area contributed by atoms with Crippen LogP contribution in [-0.2, 0) is 6.54 Å². The summed E-state index contributed by atoms with van der Waals surface area (Å²) in [5.74, 6) is 4.93. The fourth-order valence-electron chi connectivity index (χ4n) is 1.06. The lowest BCUT2D eigenvalue weighted by Crippen LogP contribution is -2.39. The largest absolute Gasteiger partial charge is 0.333 e. The number of aryl methyl sites for hydroxylation is 1. The summed E-state index contributed by atoms with van der Waals surface area (Å²) in [5, 5.41) is 2.62. The highest BCUT2D eigenvalue weighted by Crippen LogP contribution is 2.15. The molecule has 76 valence electrons. The lowest BCUT2D eigenvalue weighted by molar-refractivity contribution is 0.241. The normalized spacial score (nSPS) is 9.64. The van der Waals surface area contributed by atoms with Crippen LogP contribution >= 0.6 is 15.9 Å². The molecule has 0 aromatic heterocycles. The Morgan fingerprint density at radius 3 is 2.93 bits per heavy atom. The summed E-state index contributed by atoms with van der Waals surface area (Å²) in [6.45, 7) is 2.46. The number of halogens is 1. The molecule has 2 amide bonds. The van der Waals surface area contributed by atoms with Gasteiger partial charge in [-0.15, -0.1) is 0 Å². The molecule has 1 aromatic carbocycles. The summed E-state index contributed by atoms with van der Waals surface area (Å²) in [7, 11) is 0. The molecule has 4 nitrogen and oxygen atoms in total. The molecule has 1 rings (SSSR count). The van der Waals surface area contributed by atoms with Crippen molar-refractivity contribution in [2.45, 2.75) is 13.5 Å². The van der Waals surface area contributed by atoms with Crippen LogP contribution < -0.4 is 16.6 Å². The summed E-state index contributed by atoms with van der Waals surface area (Å²) in [4.78, 5) is 10.8. The molecule has 0 fully saturated rings. The fraction of sp³-hybridized carbons (Fsp3) is 0.222. The van der Waals surface area contributed by atoms with Gasteiger partial charge in [-0.1, -0.05) is 22.0 Å². The van der Waals surface area contributed by atoms with Crippen molar-refractivity contribution in [3.8, 4) is 0 Å². The number of hydrogen-bond acceptors (Lipinski definition) is 2. The molecule has 0 aliphatic rings. The second kappa shape index (κ2) is 4.97. The van der Waals surface area contributed by atoms with Crippen LogP contribution in [0.5, 0.6) is 0 Å². The summed E-state index contributed by atoms with van der Waals surface area (Å²) in [5.41, 5.74) is 4.20. The number of benzene rings is 1. The van der Waals surface area contributed by atoms with E-state index in [9.17, 15) is 4.79 Å². The van der Waals surface area contributed by atoms with E-state index >= 15 is 0 Å². The lowest BCUT2D eigenvalue weighted by atomic mass is 10.1. The van der Waals surface area contributed by atoms with Crippen molar-refractivity contribution < 1.29 is 4.79 Å². The minimum absolute atomic E-state index is 0.385. The first-order chi connectivity index (χ1) is 6.63. The highest BCUT2D eigenvalue weighted by molar-refractivity contribution is 9.10. The molecule has 0 aliphatic carbocycles. The number of carbonyl (C=O) groups excluding carboxylic acids is 1. The first-order valence-corrected chi connectivity index (χ1v) is 4.92. The van der Waals surface area contributed by atoms with Crippen LogP contribution in [0.25, 0.3) is 0 Å². The summed E-state index contributed by atoms with van der Waals surface area (Å²) in [6, 6.07) is 5.53. The maximum absolute atomic E-state index is 10.8. The zero-order chi connectivity index (χ0) is 10.6. The zero-order valence-electron chi connectivity index (χ0n) is 7.80. The van der Waals surface area contributed by atoms with Gasteiger partial charge < -0.3 is 5.32 Å². The summed E-state index contributed by atoms with van der Waals surface area (Å²) in [6.07, 6.45) is 0. The van der Waals surface area contributed by atoms with Gasteiger partial charge in [-0.2, -0.15) is 0 Å². The Labute approximate surface area is 91.0 Å². The van der Waals surface area contributed by atoms with Crippen LogP contribution in [0.3, 0.4) is 0 Å². The van der Waals surface area contributed by atoms with Crippen LogP contribution in [0.15, 0.2) is 22.7 Å². The van der Waals surface area contributed by atoms with E-state index in [0.29, 0.717) is 6.54 Å². The average molecular weight is 258 g/mol. The average Bonchev–Trinajstić information content (AvgIpc) is 2.19. The number of carbonyl (C=O) groups is 1. The van der Waals surface area contributed by atoms with Crippen molar-refractivity contribution in [1.29, 1.82) is 0 Å². The van der Waals surface area contributed by atoms with Gasteiger partial charge in [0.25, 0.3) is 0 Å². The van der Waals surface area contributed by atoms with Crippen LogP contribution in [-0.4, -0.2) is 6.03 Å². The van der Waals surface area contributed by atoms with Gasteiger partial charge in [0.2, 0.25) is 0 Å². The van der Waals surface area contributed by atoms with E-state index in [1.165, 1.54) is 0 Å². The lowest BCUT2D eigenvalue weighted by Gasteiger charge is -2.07. The fourth-order valence-corrected chi connectivity index (χ4v) is 1.47.